The zero-order valence-electron chi connectivity index (χ0n) is 12.9. The highest BCUT2D eigenvalue weighted by molar-refractivity contribution is 8.00. The summed E-state index contributed by atoms with van der Waals surface area (Å²) in [5.41, 5.74) is 6.38. The average molecular weight is 347 g/mol. The Balaban J connectivity index is 2.38. The third-order valence-corrected chi connectivity index (χ3v) is 5.16. The number of nitrogens with one attached hydrogen (secondary N) is 2. The summed E-state index contributed by atoms with van der Waals surface area (Å²) in [6.45, 7) is 5.58. The molecule has 0 aromatic rings. The first kappa shape index (κ1) is 19.5. The van der Waals surface area contributed by atoms with Gasteiger partial charge in [0.2, 0.25) is 0 Å². The van der Waals surface area contributed by atoms with E-state index in [2.05, 4.69) is 29.0 Å². The van der Waals surface area contributed by atoms with Crippen LogP contribution in [0.25, 0.3) is 0 Å². The number of hydrogen-bond donors (Lipinski definition) is 4. The van der Waals surface area contributed by atoms with E-state index in [9.17, 15) is 4.39 Å². The molecule has 7 heteroatoms. The molecule has 126 valence electrons. The van der Waals surface area contributed by atoms with Crippen molar-refractivity contribution in [3.8, 4) is 0 Å². The first-order chi connectivity index (χ1) is 10.6. The predicted molar refractivity (Wildman–Crippen MR) is 98.1 cm³/mol. The van der Waals surface area contributed by atoms with Crippen molar-refractivity contribution >= 4 is 30.8 Å². The van der Waals surface area contributed by atoms with Crippen molar-refractivity contribution in [2.24, 2.45) is 5.73 Å². The highest BCUT2D eigenvalue weighted by Gasteiger charge is 2.25. The Bertz CT molecular complexity index is 390. The summed E-state index contributed by atoms with van der Waals surface area (Å²) in [5.74, 6) is 0.939. The average Bonchev–Trinajstić information content (AvgIpc) is 3.00. The molecule has 1 saturated heterocycles. The molecule has 0 aliphatic carbocycles. The molecule has 0 aromatic heterocycles. The van der Waals surface area contributed by atoms with Crippen molar-refractivity contribution in [1.82, 2.24) is 9.62 Å². The summed E-state index contributed by atoms with van der Waals surface area (Å²) < 4.78 is 16.4. The van der Waals surface area contributed by atoms with Crippen LogP contribution in [0, 0.1) is 5.41 Å². The number of hydrogen-bond acceptors (Lipinski definition) is 6. The lowest BCUT2D eigenvalue weighted by Crippen LogP contribution is -2.32. The molecule has 0 spiro atoms. The molecule has 1 aliphatic rings. The van der Waals surface area contributed by atoms with Gasteiger partial charge in [-0.15, -0.1) is 11.8 Å². The van der Waals surface area contributed by atoms with Gasteiger partial charge >= 0.3 is 0 Å². The van der Waals surface area contributed by atoms with Crippen molar-refractivity contribution in [3.63, 3.8) is 0 Å². The fourth-order valence-corrected chi connectivity index (χ4v) is 3.69. The Kier molecular flexibility index (Phi) is 9.86. The Labute approximate surface area is 142 Å². The second-order valence-electron chi connectivity index (χ2n) is 5.34. The Morgan fingerprint density at radius 2 is 2.41 bits per heavy atom. The third-order valence-electron chi connectivity index (χ3n) is 3.64. The number of allylic oxidation sites excluding steroid dienone is 2. The Morgan fingerprint density at radius 3 is 3.05 bits per heavy atom. The summed E-state index contributed by atoms with van der Waals surface area (Å²) in [6.07, 6.45) is 6.44. The molecule has 1 rings (SSSR count). The zero-order valence-corrected chi connectivity index (χ0v) is 14.6. The quantitative estimate of drug-likeness (QED) is 0.343. The molecule has 0 saturated carbocycles. The van der Waals surface area contributed by atoms with Gasteiger partial charge in [-0.2, -0.15) is 0 Å². The molecule has 4 nitrogen and oxygen atoms in total. The van der Waals surface area contributed by atoms with Crippen LogP contribution in [0.4, 0.5) is 4.39 Å². The molecule has 0 aromatic carbocycles. The van der Waals surface area contributed by atoms with Gasteiger partial charge in [-0.1, -0.05) is 25.5 Å². The minimum absolute atomic E-state index is 0.0815. The van der Waals surface area contributed by atoms with E-state index in [1.54, 1.807) is 17.8 Å². The fourth-order valence-electron chi connectivity index (χ4n) is 2.39. The standard InChI is InChI=1S/C15H27FN4S2/c1-12(20-8-9-22-15(20)11-18)10-14(19-21)6-2-4-13(16)5-3-7-17/h4,11,14-15,18-19,21H,1-3,5-10,17H2/b13-4+,18-11?. The summed E-state index contributed by atoms with van der Waals surface area (Å²) in [7, 11) is 0. The number of rotatable bonds is 11. The maximum absolute atomic E-state index is 13.5. The molecule has 2 atom stereocenters. The summed E-state index contributed by atoms with van der Waals surface area (Å²) in [6, 6.07) is 0.145. The van der Waals surface area contributed by atoms with Crippen LogP contribution in [-0.4, -0.2) is 41.4 Å². The number of thioether (sulfide) groups is 1. The highest BCUT2D eigenvalue weighted by Crippen LogP contribution is 2.27. The lowest BCUT2D eigenvalue weighted by Gasteiger charge is -2.27. The third kappa shape index (κ3) is 6.73. The minimum atomic E-state index is -0.0815. The van der Waals surface area contributed by atoms with Crippen LogP contribution in [0.1, 0.15) is 32.1 Å². The van der Waals surface area contributed by atoms with Crippen LogP contribution in [0.3, 0.4) is 0 Å². The molecule has 2 unspecified atom stereocenters. The van der Waals surface area contributed by atoms with Crippen molar-refractivity contribution in [2.75, 3.05) is 18.8 Å². The predicted octanol–water partition coefficient (Wildman–Crippen LogP) is 3.09. The van der Waals surface area contributed by atoms with Gasteiger partial charge in [0.25, 0.3) is 0 Å². The second-order valence-corrected chi connectivity index (χ2v) is 6.82. The molecule has 22 heavy (non-hydrogen) atoms. The van der Waals surface area contributed by atoms with Gasteiger partial charge in [-0.3, -0.25) is 4.72 Å². The fraction of sp³-hybridized carbons (Fsp3) is 0.667. The van der Waals surface area contributed by atoms with E-state index in [0.29, 0.717) is 25.8 Å². The molecule has 0 amide bonds. The van der Waals surface area contributed by atoms with E-state index >= 15 is 0 Å². The molecule has 4 N–H and O–H groups in total. The van der Waals surface area contributed by atoms with Crippen LogP contribution in [-0.2, 0) is 0 Å². The summed E-state index contributed by atoms with van der Waals surface area (Å²) in [5, 5.41) is 7.55. The number of nitrogens with zero attached hydrogens (tertiary/aromatic N) is 1. The minimum Gasteiger partial charge on any atom is -0.358 e. The number of halogens is 1. The van der Waals surface area contributed by atoms with Gasteiger partial charge in [-0.05, 0) is 25.8 Å². The normalized spacial score (nSPS) is 20.2. The summed E-state index contributed by atoms with van der Waals surface area (Å²) >= 11 is 5.92. The van der Waals surface area contributed by atoms with Crippen LogP contribution in [0.2, 0.25) is 0 Å². The van der Waals surface area contributed by atoms with Crippen LogP contribution < -0.4 is 10.5 Å². The van der Waals surface area contributed by atoms with Gasteiger partial charge in [0, 0.05) is 43.1 Å². The van der Waals surface area contributed by atoms with Gasteiger partial charge in [-0.25, -0.2) is 4.39 Å². The molecule has 1 heterocycles. The van der Waals surface area contributed by atoms with E-state index in [0.717, 1.165) is 30.8 Å². The van der Waals surface area contributed by atoms with E-state index in [1.165, 1.54) is 6.21 Å². The first-order valence-corrected chi connectivity index (χ1v) is 9.12. The summed E-state index contributed by atoms with van der Waals surface area (Å²) in [4.78, 5) is 2.16. The topological polar surface area (TPSA) is 65.1 Å². The van der Waals surface area contributed by atoms with E-state index < -0.39 is 0 Å². The lowest BCUT2D eigenvalue weighted by molar-refractivity contribution is 0.380. The molecular weight excluding hydrogens is 319 g/mol. The van der Waals surface area contributed by atoms with E-state index in [4.69, 9.17) is 11.1 Å². The second kappa shape index (κ2) is 11.1. The van der Waals surface area contributed by atoms with Gasteiger partial charge in [0.1, 0.15) is 5.37 Å². The van der Waals surface area contributed by atoms with Crippen LogP contribution in [0.15, 0.2) is 24.2 Å². The maximum atomic E-state index is 13.5. The van der Waals surface area contributed by atoms with Gasteiger partial charge in [0.05, 0.1) is 5.83 Å². The SMILES string of the molecule is C=C(CC(CC/C=C(/F)CCCN)NS)N1CCSC1C=N. The first-order valence-electron chi connectivity index (χ1n) is 7.63. The number of thiol groups is 1. The molecule has 0 radical (unpaired) electrons. The Morgan fingerprint density at radius 1 is 1.64 bits per heavy atom. The molecule has 1 fully saturated rings. The largest absolute Gasteiger partial charge is 0.358 e. The van der Waals surface area contributed by atoms with Gasteiger partial charge in [0.15, 0.2) is 0 Å². The molecule has 1 aliphatic heterocycles. The monoisotopic (exact) mass is 346 g/mol. The zero-order chi connectivity index (χ0) is 16.4. The highest BCUT2D eigenvalue weighted by atomic mass is 32.2. The maximum Gasteiger partial charge on any atom is 0.110 e. The smallest absolute Gasteiger partial charge is 0.110 e. The van der Waals surface area contributed by atoms with Crippen molar-refractivity contribution in [2.45, 2.75) is 43.5 Å². The van der Waals surface area contributed by atoms with Crippen molar-refractivity contribution in [3.05, 3.63) is 24.2 Å². The molecular formula is C15H27FN4S2. The Hall–Kier alpha value is -0.500. The van der Waals surface area contributed by atoms with Crippen LogP contribution >= 0.6 is 24.6 Å². The van der Waals surface area contributed by atoms with Crippen molar-refractivity contribution < 1.29 is 4.39 Å². The van der Waals surface area contributed by atoms with Gasteiger partial charge < -0.3 is 16.0 Å². The van der Waals surface area contributed by atoms with E-state index in [-0.39, 0.29) is 17.2 Å². The molecule has 0 bridgehead atoms. The van der Waals surface area contributed by atoms with Crippen molar-refractivity contribution in [1.29, 1.82) is 5.41 Å². The van der Waals surface area contributed by atoms with E-state index in [1.807, 2.05) is 0 Å². The van der Waals surface area contributed by atoms with Crippen LogP contribution in [0.5, 0.6) is 0 Å². The number of nitrogens with two attached hydrogens (primary N) is 1. The lowest BCUT2D eigenvalue weighted by atomic mass is 10.1.